The maximum absolute atomic E-state index is 11.6. The van der Waals surface area contributed by atoms with Crippen molar-refractivity contribution in [1.82, 2.24) is 0 Å². The predicted octanol–water partition coefficient (Wildman–Crippen LogP) is 2.68. The highest BCUT2D eigenvalue weighted by Gasteiger charge is 2.21. The minimum atomic E-state index is -0.0764. The van der Waals surface area contributed by atoms with Crippen LogP contribution in [-0.4, -0.2) is 19.1 Å². The molecule has 4 nitrogen and oxygen atoms in total. The molecule has 0 aliphatic heterocycles. The summed E-state index contributed by atoms with van der Waals surface area (Å²) in [6.07, 6.45) is 2.88. The summed E-state index contributed by atoms with van der Waals surface area (Å²) in [5.74, 6) is 0.650. The van der Waals surface area contributed by atoms with Crippen LogP contribution in [0.3, 0.4) is 0 Å². The Labute approximate surface area is 111 Å². The lowest BCUT2D eigenvalue weighted by Gasteiger charge is -2.07. The van der Waals surface area contributed by atoms with Gasteiger partial charge in [-0.1, -0.05) is 11.6 Å². The quantitative estimate of drug-likeness (QED) is 0.616. The standard InChI is InChI=1S/C13H17ClN2O2/c14-11-4-3-10(7-12(11)15)16-13(17)5-6-18-8-9-1-2-9/h3-4,7,9H,1-2,5-6,8,15H2,(H,16,17). The fourth-order valence-corrected chi connectivity index (χ4v) is 1.66. The summed E-state index contributed by atoms with van der Waals surface area (Å²) in [4.78, 5) is 11.6. The van der Waals surface area contributed by atoms with E-state index in [2.05, 4.69) is 5.32 Å². The molecule has 0 unspecified atom stereocenters. The Kier molecular flexibility index (Phi) is 4.44. The van der Waals surface area contributed by atoms with Gasteiger partial charge < -0.3 is 15.8 Å². The van der Waals surface area contributed by atoms with Crippen LogP contribution < -0.4 is 11.1 Å². The molecule has 1 aromatic rings. The Morgan fingerprint density at radius 2 is 2.28 bits per heavy atom. The Morgan fingerprint density at radius 1 is 1.50 bits per heavy atom. The van der Waals surface area contributed by atoms with E-state index >= 15 is 0 Å². The number of ether oxygens (including phenoxy) is 1. The second kappa shape index (κ2) is 6.07. The minimum Gasteiger partial charge on any atom is -0.397 e. The van der Waals surface area contributed by atoms with Crippen molar-refractivity contribution >= 4 is 28.9 Å². The van der Waals surface area contributed by atoms with Crippen molar-refractivity contribution in [2.24, 2.45) is 5.92 Å². The molecule has 0 heterocycles. The molecule has 1 aliphatic carbocycles. The van der Waals surface area contributed by atoms with Gasteiger partial charge in [-0.15, -0.1) is 0 Å². The first kappa shape index (κ1) is 13.2. The van der Waals surface area contributed by atoms with E-state index in [1.807, 2.05) is 0 Å². The Balaban J connectivity index is 1.70. The molecule has 1 amide bonds. The number of carbonyl (C=O) groups is 1. The number of halogens is 1. The molecule has 0 spiro atoms. The lowest BCUT2D eigenvalue weighted by Crippen LogP contribution is -2.14. The number of rotatable bonds is 6. The van der Waals surface area contributed by atoms with Gasteiger partial charge in [0.15, 0.2) is 0 Å². The van der Waals surface area contributed by atoms with Crippen LogP contribution in [-0.2, 0) is 9.53 Å². The first-order valence-electron chi connectivity index (χ1n) is 6.08. The zero-order chi connectivity index (χ0) is 13.0. The highest BCUT2D eigenvalue weighted by Crippen LogP contribution is 2.28. The van der Waals surface area contributed by atoms with Crippen molar-refractivity contribution in [3.05, 3.63) is 23.2 Å². The molecule has 18 heavy (non-hydrogen) atoms. The molecule has 0 radical (unpaired) electrons. The number of nitrogens with one attached hydrogen (secondary N) is 1. The summed E-state index contributed by atoms with van der Waals surface area (Å²) in [5.41, 5.74) is 6.76. The van der Waals surface area contributed by atoms with Crippen LogP contribution in [0.1, 0.15) is 19.3 Å². The van der Waals surface area contributed by atoms with Crippen LogP contribution in [0.2, 0.25) is 5.02 Å². The van der Waals surface area contributed by atoms with Crippen molar-refractivity contribution in [1.29, 1.82) is 0 Å². The van der Waals surface area contributed by atoms with Gasteiger partial charge in [-0.25, -0.2) is 0 Å². The Bertz CT molecular complexity index is 433. The van der Waals surface area contributed by atoms with E-state index < -0.39 is 0 Å². The topological polar surface area (TPSA) is 64.3 Å². The smallest absolute Gasteiger partial charge is 0.226 e. The summed E-state index contributed by atoms with van der Waals surface area (Å²) in [7, 11) is 0. The number of nitrogens with two attached hydrogens (primary N) is 1. The van der Waals surface area contributed by atoms with Crippen molar-refractivity contribution in [3.63, 3.8) is 0 Å². The SMILES string of the molecule is Nc1cc(NC(=O)CCOCC2CC2)ccc1Cl. The molecule has 1 fully saturated rings. The molecular formula is C13H17ClN2O2. The van der Waals surface area contributed by atoms with Gasteiger partial charge in [0.2, 0.25) is 5.91 Å². The minimum absolute atomic E-state index is 0.0764. The number of benzene rings is 1. The largest absolute Gasteiger partial charge is 0.397 e. The second-order valence-electron chi connectivity index (χ2n) is 4.55. The first-order valence-corrected chi connectivity index (χ1v) is 6.45. The summed E-state index contributed by atoms with van der Waals surface area (Å²) in [5, 5.41) is 3.24. The predicted molar refractivity (Wildman–Crippen MR) is 72.7 cm³/mol. The van der Waals surface area contributed by atoms with E-state index in [0.29, 0.717) is 29.4 Å². The van der Waals surface area contributed by atoms with Crippen LogP contribution in [0, 0.1) is 5.92 Å². The van der Waals surface area contributed by atoms with Crippen LogP contribution in [0.4, 0.5) is 11.4 Å². The second-order valence-corrected chi connectivity index (χ2v) is 4.96. The monoisotopic (exact) mass is 268 g/mol. The van der Waals surface area contributed by atoms with Gasteiger partial charge in [0.25, 0.3) is 0 Å². The van der Waals surface area contributed by atoms with Crippen molar-refractivity contribution in [2.75, 3.05) is 24.3 Å². The molecule has 98 valence electrons. The average molecular weight is 269 g/mol. The fourth-order valence-electron chi connectivity index (χ4n) is 1.54. The van der Waals surface area contributed by atoms with Crippen molar-refractivity contribution in [2.45, 2.75) is 19.3 Å². The van der Waals surface area contributed by atoms with Gasteiger partial charge >= 0.3 is 0 Å². The number of anilines is 2. The molecule has 2 rings (SSSR count). The third kappa shape index (κ3) is 4.20. The summed E-state index contributed by atoms with van der Waals surface area (Å²) >= 11 is 5.80. The van der Waals surface area contributed by atoms with E-state index in [-0.39, 0.29) is 5.91 Å². The van der Waals surface area contributed by atoms with E-state index in [9.17, 15) is 4.79 Å². The molecule has 0 aromatic heterocycles. The maximum atomic E-state index is 11.6. The van der Waals surface area contributed by atoms with Gasteiger partial charge in [-0.3, -0.25) is 4.79 Å². The fraction of sp³-hybridized carbons (Fsp3) is 0.462. The number of carbonyl (C=O) groups excluding carboxylic acids is 1. The van der Waals surface area contributed by atoms with Crippen LogP contribution in [0.5, 0.6) is 0 Å². The Morgan fingerprint density at radius 3 is 2.94 bits per heavy atom. The lowest BCUT2D eigenvalue weighted by atomic mass is 10.2. The van der Waals surface area contributed by atoms with Crippen LogP contribution in [0.15, 0.2) is 18.2 Å². The highest BCUT2D eigenvalue weighted by atomic mass is 35.5. The molecule has 1 saturated carbocycles. The lowest BCUT2D eigenvalue weighted by molar-refractivity contribution is -0.117. The highest BCUT2D eigenvalue weighted by molar-refractivity contribution is 6.33. The number of nitrogen functional groups attached to an aromatic ring is 1. The van der Waals surface area contributed by atoms with Crippen molar-refractivity contribution < 1.29 is 9.53 Å². The zero-order valence-corrected chi connectivity index (χ0v) is 10.9. The first-order chi connectivity index (χ1) is 8.65. The van der Waals surface area contributed by atoms with Gasteiger partial charge in [0.1, 0.15) is 0 Å². The van der Waals surface area contributed by atoms with Crippen LogP contribution in [0.25, 0.3) is 0 Å². The molecule has 1 aromatic carbocycles. The van der Waals surface area contributed by atoms with E-state index in [1.165, 1.54) is 12.8 Å². The van der Waals surface area contributed by atoms with Gasteiger partial charge in [-0.05, 0) is 37.0 Å². The van der Waals surface area contributed by atoms with Crippen molar-refractivity contribution in [3.8, 4) is 0 Å². The molecule has 0 bridgehead atoms. The molecule has 5 heteroatoms. The summed E-state index contributed by atoms with van der Waals surface area (Å²) in [6, 6.07) is 5.03. The molecule has 0 atom stereocenters. The normalized spacial score (nSPS) is 14.5. The molecule has 3 N–H and O–H groups in total. The van der Waals surface area contributed by atoms with E-state index in [4.69, 9.17) is 22.1 Å². The summed E-state index contributed by atoms with van der Waals surface area (Å²) in [6.45, 7) is 1.24. The number of hydrogen-bond donors (Lipinski definition) is 2. The molecular weight excluding hydrogens is 252 g/mol. The van der Waals surface area contributed by atoms with Crippen LogP contribution >= 0.6 is 11.6 Å². The molecule has 0 saturated heterocycles. The van der Waals surface area contributed by atoms with E-state index in [1.54, 1.807) is 18.2 Å². The maximum Gasteiger partial charge on any atom is 0.226 e. The third-order valence-electron chi connectivity index (χ3n) is 2.80. The van der Waals surface area contributed by atoms with Gasteiger partial charge in [-0.2, -0.15) is 0 Å². The van der Waals surface area contributed by atoms with Gasteiger partial charge in [0, 0.05) is 12.3 Å². The third-order valence-corrected chi connectivity index (χ3v) is 3.15. The summed E-state index contributed by atoms with van der Waals surface area (Å²) < 4.78 is 5.40. The zero-order valence-electron chi connectivity index (χ0n) is 10.1. The number of hydrogen-bond acceptors (Lipinski definition) is 3. The van der Waals surface area contributed by atoms with Gasteiger partial charge in [0.05, 0.1) is 23.7 Å². The van der Waals surface area contributed by atoms with E-state index in [0.717, 1.165) is 12.5 Å². The average Bonchev–Trinajstić information content (AvgIpc) is 3.14. The number of amides is 1. The molecule has 1 aliphatic rings. The Hall–Kier alpha value is -1.26.